The van der Waals surface area contributed by atoms with E-state index in [-0.39, 0.29) is 13.2 Å². The summed E-state index contributed by atoms with van der Waals surface area (Å²) in [6.45, 7) is -0.192. The lowest BCUT2D eigenvalue weighted by Gasteiger charge is -2.19. The summed E-state index contributed by atoms with van der Waals surface area (Å²) in [5, 5.41) is 16.1. The van der Waals surface area contributed by atoms with Crippen molar-refractivity contribution in [3.8, 4) is 0 Å². The van der Waals surface area contributed by atoms with E-state index in [1.807, 2.05) is 30.3 Å². The second-order valence-corrected chi connectivity index (χ2v) is 5.33. The summed E-state index contributed by atoms with van der Waals surface area (Å²) in [7, 11) is 0. The Morgan fingerprint density at radius 3 is 2.74 bits per heavy atom. The molecule has 0 fully saturated rings. The Balaban J connectivity index is 2.32. The summed E-state index contributed by atoms with van der Waals surface area (Å²) >= 11 is 6.11. The van der Waals surface area contributed by atoms with Crippen LogP contribution < -0.4 is 10.6 Å². The van der Waals surface area contributed by atoms with Crippen LogP contribution in [-0.2, 0) is 0 Å². The van der Waals surface area contributed by atoms with Crippen LogP contribution in [0.2, 0.25) is 5.02 Å². The molecule has 0 atom stereocenters. The molecule has 0 amide bonds. The molecule has 0 saturated carbocycles. The van der Waals surface area contributed by atoms with Gasteiger partial charge >= 0.3 is 0 Å². The van der Waals surface area contributed by atoms with Gasteiger partial charge in [-0.3, -0.25) is 5.21 Å². The molecule has 1 N–H and O–H groups in total. The summed E-state index contributed by atoms with van der Waals surface area (Å²) in [6.07, 6.45) is 0. The number of hydrogen-bond acceptors (Lipinski definition) is 5. The van der Waals surface area contributed by atoms with E-state index in [0.29, 0.717) is 27.1 Å². The molecule has 23 heavy (non-hydrogen) atoms. The van der Waals surface area contributed by atoms with E-state index in [1.54, 1.807) is 18.2 Å². The number of aliphatic imine (C=N–C) groups is 1. The Hall–Kier alpha value is -2.57. The molecule has 1 aliphatic rings. The van der Waals surface area contributed by atoms with Gasteiger partial charge in [-0.25, -0.2) is 15.0 Å². The highest BCUT2D eigenvalue weighted by Crippen LogP contribution is 2.16. The molecule has 3 rings (SSSR count). The first-order valence-corrected chi connectivity index (χ1v) is 7.29. The van der Waals surface area contributed by atoms with Crippen LogP contribution in [0.25, 0.3) is 5.70 Å². The highest BCUT2D eigenvalue weighted by molar-refractivity contribution is 6.30. The third-order valence-corrected chi connectivity index (χ3v) is 3.61. The Morgan fingerprint density at radius 2 is 2.00 bits per heavy atom. The van der Waals surface area contributed by atoms with E-state index >= 15 is 0 Å². The second kappa shape index (κ2) is 6.68. The van der Waals surface area contributed by atoms with Crippen molar-refractivity contribution < 1.29 is 5.21 Å². The van der Waals surface area contributed by atoms with E-state index in [2.05, 4.69) is 15.2 Å². The van der Waals surface area contributed by atoms with Crippen LogP contribution in [0.1, 0.15) is 5.56 Å². The van der Waals surface area contributed by atoms with Crippen molar-refractivity contribution in [1.82, 2.24) is 5.06 Å². The summed E-state index contributed by atoms with van der Waals surface area (Å²) in [5.41, 5.74) is 1.40. The topological polar surface area (TPSA) is 77.6 Å². The van der Waals surface area contributed by atoms with E-state index in [0.717, 1.165) is 10.6 Å². The van der Waals surface area contributed by atoms with Gasteiger partial charge in [-0.15, -0.1) is 4.91 Å². The van der Waals surface area contributed by atoms with Gasteiger partial charge in [0.15, 0.2) is 6.67 Å². The van der Waals surface area contributed by atoms with Crippen LogP contribution in [0.15, 0.2) is 63.7 Å². The molecule has 1 aliphatic heterocycles. The summed E-state index contributed by atoms with van der Waals surface area (Å²) in [4.78, 5) is 18.7. The van der Waals surface area contributed by atoms with Crippen molar-refractivity contribution in [2.45, 2.75) is 0 Å². The van der Waals surface area contributed by atoms with Crippen LogP contribution in [-0.4, -0.2) is 29.3 Å². The third-order valence-electron chi connectivity index (χ3n) is 3.37. The minimum absolute atomic E-state index is 0.0477. The fourth-order valence-corrected chi connectivity index (χ4v) is 2.59. The monoisotopic (exact) mass is 328 g/mol. The maximum absolute atomic E-state index is 10.5. The summed E-state index contributed by atoms with van der Waals surface area (Å²) in [5.74, 6) is 0.321. The average Bonchev–Trinajstić information content (AvgIpc) is 2.69. The van der Waals surface area contributed by atoms with E-state index < -0.39 is 0 Å². The highest BCUT2D eigenvalue weighted by Gasteiger charge is 2.17. The molecule has 0 aromatic heterocycles. The number of nitroso groups, excluding NO2 is 1. The normalized spacial score (nSPS) is 15.8. The summed E-state index contributed by atoms with van der Waals surface area (Å²) in [6, 6.07) is 14.7. The van der Waals surface area contributed by atoms with Crippen LogP contribution in [0.5, 0.6) is 0 Å². The van der Waals surface area contributed by atoms with Crippen LogP contribution in [0, 0.1) is 4.91 Å². The fraction of sp³-hybridized carbons (Fsp3) is 0.125. The van der Waals surface area contributed by atoms with Gasteiger partial charge in [-0.1, -0.05) is 41.9 Å². The fourth-order valence-electron chi connectivity index (χ4n) is 2.42. The standard InChI is InChI=1S/C16H13ClN4O2/c17-12-6-7-14-13(8-12)16(11-4-2-1-3-5-11)21(23)9-15(20-14)18-10-19-22/h1-8,23H,9-10H2. The number of hydrogen-bond donors (Lipinski definition) is 1. The highest BCUT2D eigenvalue weighted by atomic mass is 35.5. The van der Waals surface area contributed by atoms with Gasteiger partial charge in [0.1, 0.15) is 12.4 Å². The molecule has 0 unspecified atom stereocenters. The van der Waals surface area contributed by atoms with E-state index in [4.69, 9.17) is 11.6 Å². The van der Waals surface area contributed by atoms with Crippen molar-refractivity contribution >= 4 is 23.1 Å². The van der Waals surface area contributed by atoms with Crippen LogP contribution in [0.4, 0.5) is 0 Å². The van der Waals surface area contributed by atoms with Crippen LogP contribution in [0.3, 0.4) is 0 Å². The van der Waals surface area contributed by atoms with Gasteiger partial charge in [-0.2, -0.15) is 0 Å². The molecule has 0 aliphatic carbocycles. The zero-order valence-electron chi connectivity index (χ0n) is 12.1. The zero-order chi connectivity index (χ0) is 16.2. The van der Waals surface area contributed by atoms with Gasteiger partial charge in [0, 0.05) is 15.8 Å². The molecule has 116 valence electrons. The molecule has 6 nitrogen and oxygen atoms in total. The number of amidine groups is 1. The molecule has 0 spiro atoms. The SMILES string of the molecule is O=NCN=C1CN(O)C(c2ccccc2)=c2cc(Cl)ccc2=N1. The Bertz CT molecular complexity index is 881. The molecular formula is C16H13ClN4O2. The van der Waals surface area contributed by atoms with E-state index in [1.165, 1.54) is 0 Å². The van der Waals surface area contributed by atoms with E-state index in [9.17, 15) is 10.1 Å². The Kier molecular flexibility index (Phi) is 4.45. The van der Waals surface area contributed by atoms with Gasteiger partial charge in [0.2, 0.25) is 0 Å². The lowest BCUT2D eigenvalue weighted by Crippen LogP contribution is -2.31. The quantitative estimate of drug-likeness (QED) is 0.875. The number of hydroxylamine groups is 2. The molecule has 0 saturated heterocycles. The zero-order valence-corrected chi connectivity index (χ0v) is 12.8. The number of halogens is 1. The predicted molar refractivity (Wildman–Crippen MR) is 87.8 cm³/mol. The summed E-state index contributed by atoms with van der Waals surface area (Å²) < 4.78 is 0. The Labute approximate surface area is 137 Å². The predicted octanol–water partition coefficient (Wildman–Crippen LogP) is 1.94. The van der Waals surface area contributed by atoms with Crippen molar-refractivity contribution in [3.63, 3.8) is 0 Å². The van der Waals surface area contributed by atoms with Crippen LogP contribution >= 0.6 is 11.6 Å². The maximum atomic E-state index is 10.5. The second-order valence-electron chi connectivity index (χ2n) is 4.89. The van der Waals surface area contributed by atoms with Crippen molar-refractivity contribution in [2.75, 3.05) is 13.2 Å². The number of rotatable bonds is 3. The molecule has 2 aromatic rings. The van der Waals surface area contributed by atoms with Crippen molar-refractivity contribution in [3.05, 3.63) is 74.6 Å². The number of nitrogens with zero attached hydrogens (tertiary/aromatic N) is 4. The number of benzene rings is 2. The first kappa shape index (κ1) is 15.3. The molecular weight excluding hydrogens is 316 g/mol. The minimum atomic E-state index is -0.240. The maximum Gasteiger partial charge on any atom is 0.173 e. The third kappa shape index (κ3) is 3.28. The molecule has 0 bridgehead atoms. The Morgan fingerprint density at radius 1 is 1.22 bits per heavy atom. The van der Waals surface area contributed by atoms with Crippen molar-refractivity contribution in [1.29, 1.82) is 0 Å². The van der Waals surface area contributed by atoms with Crippen molar-refractivity contribution in [2.24, 2.45) is 15.2 Å². The molecule has 1 heterocycles. The van der Waals surface area contributed by atoms with Gasteiger partial charge in [-0.05, 0) is 23.4 Å². The van der Waals surface area contributed by atoms with Gasteiger partial charge in [0.05, 0.1) is 11.1 Å². The number of fused-ring (bicyclic) bond motifs is 1. The lowest BCUT2D eigenvalue weighted by atomic mass is 10.1. The molecule has 7 heteroatoms. The first-order chi connectivity index (χ1) is 11.2. The first-order valence-electron chi connectivity index (χ1n) is 6.92. The molecule has 0 radical (unpaired) electrons. The average molecular weight is 329 g/mol. The molecule has 2 aromatic carbocycles. The lowest BCUT2D eigenvalue weighted by molar-refractivity contribution is -0.0120. The minimum Gasteiger partial charge on any atom is -0.288 e. The van der Waals surface area contributed by atoms with Gasteiger partial charge < -0.3 is 0 Å². The van der Waals surface area contributed by atoms with Gasteiger partial charge in [0.25, 0.3) is 0 Å². The smallest absolute Gasteiger partial charge is 0.173 e. The largest absolute Gasteiger partial charge is 0.288 e.